The largest absolute Gasteiger partial charge is 0.490 e. The van der Waals surface area contributed by atoms with Crippen molar-refractivity contribution in [3.8, 4) is 17.2 Å². The van der Waals surface area contributed by atoms with Crippen molar-refractivity contribution in [3.63, 3.8) is 0 Å². The van der Waals surface area contributed by atoms with Crippen LogP contribution in [0.3, 0.4) is 0 Å². The molecule has 3 aromatic carbocycles. The quantitative estimate of drug-likeness (QED) is 0.217. The van der Waals surface area contributed by atoms with Crippen molar-refractivity contribution in [2.45, 2.75) is 20.8 Å². The van der Waals surface area contributed by atoms with Crippen LogP contribution in [-0.2, 0) is 4.79 Å². The molecule has 0 aliphatic rings. The third-order valence-corrected chi connectivity index (χ3v) is 4.71. The molecule has 8 heteroatoms. The summed E-state index contributed by atoms with van der Waals surface area (Å²) in [4.78, 5) is 24.4. The number of carbonyl (C=O) groups is 2. The first-order valence-corrected chi connectivity index (χ1v) is 10.6. The van der Waals surface area contributed by atoms with Crippen LogP contribution in [0, 0.1) is 19.7 Å². The first-order valence-electron chi connectivity index (χ1n) is 10.6. The van der Waals surface area contributed by atoms with Gasteiger partial charge in [-0.1, -0.05) is 18.2 Å². The topological polar surface area (TPSA) is 86.2 Å². The molecule has 1 N–H and O–H groups in total. The lowest BCUT2D eigenvalue weighted by molar-refractivity contribution is -0.123. The molecule has 0 radical (unpaired) electrons. The maximum atomic E-state index is 13.1. The van der Waals surface area contributed by atoms with Gasteiger partial charge in [-0.3, -0.25) is 4.79 Å². The highest BCUT2D eigenvalue weighted by Crippen LogP contribution is 2.29. The lowest BCUT2D eigenvalue weighted by Crippen LogP contribution is -2.25. The molecule has 0 saturated carbocycles. The van der Waals surface area contributed by atoms with E-state index in [0.29, 0.717) is 23.7 Å². The van der Waals surface area contributed by atoms with E-state index in [1.54, 1.807) is 25.1 Å². The van der Waals surface area contributed by atoms with Crippen LogP contribution in [0.25, 0.3) is 0 Å². The molecule has 1 amide bonds. The zero-order chi connectivity index (χ0) is 24.5. The number of rotatable bonds is 9. The third kappa shape index (κ3) is 6.65. The van der Waals surface area contributed by atoms with E-state index in [0.717, 1.165) is 11.1 Å². The Bertz CT molecular complexity index is 1170. The average Bonchev–Trinajstić information content (AvgIpc) is 2.81. The minimum atomic E-state index is -0.640. The van der Waals surface area contributed by atoms with Crippen molar-refractivity contribution in [1.82, 2.24) is 5.43 Å². The second kappa shape index (κ2) is 11.6. The van der Waals surface area contributed by atoms with Crippen molar-refractivity contribution < 1.29 is 28.2 Å². The van der Waals surface area contributed by atoms with Crippen LogP contribution in [0.5, 0.6) is 17.2 Å². The van der Waals surface area contributed by atoms with E-state index in [4.69, 9.17) is 14.2 Å². The van der Waals surface area contributed by atoms with E-state index in [1.165, 1.54) is 30.5 Å². The number of benzene rings is 3. The molecule has 0 saturated heterocycles. The van der Waals surface area contributed by atoms with Crippen LogP contribution in [-0.4, -0.2) is 31.3 Å². The Balaban J connectivity index is 1.61. The second-order valence-electron chi connectivity index (χ2n) is 7.34. The molecule has 0 bridgehead atoms. The van der Waals surface area contributed by atoms with E-state index >= 15 is 0 Å². The SMILES string of the molecule is CCOc1cc(/C=N/NC(=O)COc2c(C)cccc2C)ccc1OC(=O)c1ccc(F)cc1. The summed E-state index contributed by atoms with van der Waals surface area (Å²) < 4.78 is 29.6. The van der Waals surface area contributed by atoms with Gasteiger partial charge in [-0.25, -0.2) is 14.6 Å². The number of ether oxygens (including phenoxy) is 3. The number of nitrogens with zero attached hydrogens (tertiary/aromatic N) is 1. The number of nitrogens with one attached hydrogen (secondary N) is 1. The Kier molecular flexibility index (Phi) is 8.34. The number of hydrogen-bond acceptors (Lipinski definition) is 6. The van der Waals surface area contributed by atoms with Gasteiger partial charge in [0.15, 0.2) is 18.1 Å². The Hall–Kier alpha value is -4.20. The summed E-state index contributed by atoms with van der Waals surface area (Å²) in [6.07, 6.45) is 1.44. The number of hydrazone groups is 1. The summed E-state index contributed by atoms with van der Waals surface area (Å²) in [7, 11) is 0. The lowest BCUT2D eigenvalue weighted by atomic mass is 10.1. The number of esters is 1. The Morgan fingerprint density at radius 1 is 0.971 bits per heavy atom. The molecule has 0 fully saturated rings. The summed E-state index contributed by atoms with van der Waals surface area (Å²) in [6, 6.07) is 15.6. The van der Waals surface area contributed by atoms with Gasteiger partial charge in [0.25, 0.3) is 5.91 Å². The van der Waals surface area contributed by atoms with Crippen LogP contribution in [0.2, 0.25) is 0 Å². The zero-order valence-electron chi connectivity index (χ0n) is 19.1. The van der Waals surface area contributed by atoms with Crippen molar-refractivity contribution in [2.24, 2.45) is 5.10 Å². The van der Waals surface area contributed by atoms with Crippen LogP contribution in [0.15, 0.2) is 65.8 Å². The molecule has 0 spiro atoms. The molecular formula is C26H25FN2O5. The van der Waals surface area contributed by atoms with Crippen LogP contribution in [0.4, 0.5) is 4.39 Å². The van der Waals surface area contributed by atoms with Crippen molar-refractivity contribution in [2.75, 3.05) is 13.2 Å². The van der Waals surface area contributed by atoms with Gasteiger partial charge in [0, 0.05) is 0 Å². The maximum absolute atomic E-state index is 13.1. The number of aryl methyl sites for hydroxylation is 2. The number of hydrogen-bond donors (Lipinski definition) is 1. The number of halogens is 1. The smallest absolute Gasteiger partial charge is 0.343 e. The fraction of sp³-hybridized carbons (Fsp3) is 0.192. The minimum Gasteiger partial charge on any atom is -0.490 e. The number of para-hydroxylation sites is 1. The molecule has 34 heavy (non-hydrogen) atoms. The Morgan fingerprint density at radius 2 is 1.68 bits per heavy atom. The number of amides is 1. The lowest BCUT2D eigenvalue weighted by Gasteiger charge is -2.11. The molecule has 3 aromatic rings. The fourth-order valence-corrected chi connectivity index (χ4v) is 3.08. The highest BCUT2D eigenvalue weighted by Gasteiger charge is 2.13. The van der Waals surface area contributed by atoms with E-state index < -0.39 is 17.7 Å². The van der Waals surface area contributed by atoms with E-state index in [2.05, 4.69) is 10.5 Å². The van der Waals surface area contributed by atoms with Crippen molar-refractivity contribution in [3.05, 3.63) is 88.7 Å². The van der Waals surface area contributed by atoms with Gasteiger partial charge in [-0.15, -0.1) is 0 Å². The highest BCUT2D eigenvalue weighted by molar-refractivity contribution is 5.91. The maximum Gasteiger partial charge on any atom is 0.343 e. The van der Waals surface area contributed by atoms with E-state index in [-0.39, 0.29) is 17.9 Å². The van der Waals surface area contributed by atoms with Gasteiger partial charge >= 0.3 is 5.97 Å². The van der Waals surface area contributed by atoms with Crippen LogP contribution >= 0.6 is 0 Å². The fourth-order valence-electron chi connectivity index (χ4n) is 3.08. The van der Waals surface area contributed by atoms with Crippen molar-refractivity contribution >= 4 is 18.1 Å². The molecule has 0 unspecified atom stereocenters. The molecule has 0 aromatic heterocycles. The molecule has 0 heterocycles. The summed E-state index contributed by atoms with van der Waals surface area (Å²) in [6.45, 7) is 5.78. The van der Waals surface area contributed by atoms with Crippen LogP contribution in [0.1, 0.15) is 34.0 Å². The molecular weight excluding hydrogens is 439 g/mol. The van der Waals surface area contributed by atoms with E-state index in [1.807, 2.05) is 32.0 Å². The van der Waals surface area contributed by atoms with Gasteiger partial charge in [-0.05, 0) is 79.9 Å². The van der Waals surface area contributed by atoms with Gasteiger partial charge in [0.2, 0.25) is 0 Å². The van der Waals surface area contributed by atoms with Gasteiger partial charge < -0.3 is 14.2 Å². The van der Waals surface area contributed by atoms with Gasteiger partial charge in [0.1, 0.15) is 11.6 Å². The Labute approximate surface area is 197 Å². The predicted molar refractivity (Wildman–Crippen MR) is 126 cm³/mol. The first-order chi connectivity index (χ1) is 16.4. The molecule has 0 aliphatic heterocycles. The number of carbonyl (C=O) groups excluding carboxylic acids is 2. The van der Waals surface area contributed by atoms with Crippen molar-refractivity contribution in [1.29, 1.82) is 0 Å². The molecule has 7 nitrogen and oxygen atoms in total. The standard InChI is InChI=1S/C26H25FN2O5/c1-4-32-23-14-19(8-13-22(23)34-26(31)20-9-11-21(27)12-10-20)15-28-29-24(30)16-33-25-17(2)6-5-7-18(25)3/h5-15H,4,16H2,1-3H3,(H,29,30)/b28-15+. The summed E-state index contributed by atoms with van der Waals surface area (Å²) >= 11 is 0. The molecule has 3 rings (SSSR count). The second-order valence-corrected chi connectivity index (χ2v) is 7.34. The first kappa shape index (κ1) is 24.4. The monoisotopic (exact) mass is 464 g/mol. The minimum absolute atomic E-state index is 0.175. The molecule has 0 aliphatic carbocycles. The van der Waals surface area contributed by atoms with Crippen LogP contribution < -0.4 is 19.6 Å². The highest BCUT2D eigenvalue weighted by atomic mass is 19.1. The normalized spacial score (nSPS) is 10.7. The van der Waals surface area contributed by atoms with Gasteiger partial charge in [0.05, 0.1) is 18.4 Å². The summed E-state index contributed by atoms with van der Waals surface area (Å²) in [5.41, 5.74) is 5.12. The molecule has 176 valence electrons. The summed E-state index contributed by atoms with van der Waals surface area (Å²) in [5.74, 6) is -0.286. The average molecular weight is 464 g/mol. The summed E-state index contributed by atoms with van der Waals surface area (Å²) in [5, 5.41) is 3.94. The Morgan fingerprint density at radius 3 is 2.35 bits per heavy atom. The zero-order valence-corrected chi connectivity index (χ0v) is 19.1. The van der Waals surface area contributed by atoms with Gasteiger partial charge in [-0.2, -0.15) is 5.10 Å². The molecule has 0 atom stereocenters. The third-order valence-electron chi connectivity index (χ3n) is 4.71. The van der Waals surface area contributed by atoms with E-state index in [9.17, 15) is 14.0 Å². The predicted octanol–water partition coefficient (Wildman–Crippen LogP) is 4.59.